The van der Waals surface area contributed by atoms with E-state index in [2.05, 4.69) is 4.98 Å². The number of carbonyl (C=O) groups is 1. The first-order valence-corrected chi connectivity index (χ1v) is 10.4. The van der Waals surface area contributed by atoms with E-state index in [4.69, 9.17) is 11.1 Å². The number of nitrogens with one attached hydrogen (secondary N) is 2. The van der Waals surface area contributed by atoms with Crippen LogP contribution >= 0.6 is 0 Å². The molecule has 7 heteroatoms. The molecule has 0 unspecified atom stereocenters. The molecule has 1 saturated heterocycles. The van der Waals surface area contributed by atoms with Crippen molar-refractivity contribution < 1.29 is 4.79 Å². The van der Waals surface area contributed by atoms with Crippen molar-refractivity contribution in [1.82, 2.24) is 14.5 Å². The standard InChI is InChI=1S/C24H23N5O2/c25-22(26)17-6-5-16-4-3-15(11-19(16)12-17)14-29-21-13-18(7-8-20(21)27-24(29)31)23(30)28-9-1-2-10-28/h3-8,11-13H,1-2,9-10,14H2,(H3,25,26)(H,27,31). The summed E-state index contributed by atoms with van der Waals surface area (Å²) in [7, 11) is 0. The van der Waals surface area contributed by atoms with Crippen molar-refractivity contribution in [3.63, 3.8) is 0 Å². The van der Waals surface area contributed by atoms with E-state index in [1.807, 2.05) is 47.4 Å². The monoisotopic (exact) mass is 413 g/mol. The van der Waals surface area contributed by atoms with E-state index in [1.54, 1.807) is 16.7 Å². The number of hydrogen-bond donors (Lipinski definition) is 3. The number of carbonyl (C=O) groups excluding carboxylic acids is 1. The molecule has 1 aromatic heterocycles. The average Bonchev–Trinajstić information content (AvgIpc) is 3.41. The van der Waals surface area contributed by atoms with Crippen LogP contribution in [-0.4, -0.2) is 39.3 Å². The number of aromatic amines is 1. The van der Waals surface area contributed by atoms with E-state index >= 15 is 0 Å². The van der Waals surface area contributed by atoms with Crippen LogP contribution in [0.25, 0.3) is 21.8 Å². The summed E-state index contributed by atoms with van der Waals surface area (Å²) in [6, 6.07) is 17.0. The molecule has 0 bridgehead atoms. The number of hydrogen-bond acceptors (Lipinski definition) is 3. The van der Waals surface area contributed by atoms with E-state index in [0.29, 0.717) is 28.7 Å². The highest BCUT2D eigenvalue weighted by Gasteiger charge is 2.20. The Morgan fingerprint density at radius 3 is 2.48 bits per heavy atom. The van der Waals surface area contributed by atoms with Crippen molar-refractivity contribution in [1.29, 1.82) is 5.41 Å². The van der Waals surface area contributed by atoms with Gasteiger partial charge in [-0.2, -0.15) is 0 Å². The molecule has 0 radical (unpaired) electrons. The minimum absolute atomic E-state index is 0.0158. The molecule has 1 aliphatic rings. The third-order valence-electron chi connectivity index (χ3n) is 5.97. The first-order valence-electron chi connectivity index (χ1n) is 10.4. The first kappa shape index (κ1) is 19.1. The van der Waals surface area contributed by atoms with Crippen molar-refractivity contribution >= 4 is 33.5 Å². The summed E-state index contributed by atoms with van der Waals surface area (Å²) in [4.78, 5) is 30.2. The van der Waals surface area contributed by atoms with Gasteiger partial charge in [-0.3, -0.25) is 14.8 Å². The molecule has 1 aliphatic heterocycles. The maximum Gasteiger partial charge on any atom is 0.326 e. The van der Waals surface area contributed by atoms with Crippen LogP contribution in [-0.2, 0) is 6.54 Å². The molecular weight excluding hydrogens is 390 g/mol. The molecule has 156 valence electrons. The van der Waals surface area contributed by atoms with Crippen molar-refractivity contribution in [2.45, 2.75) is 19.4 Å². The summed E-state index contributed by atoms with van der Waals surface area (Å²) in [6.07, 6.45) is 2.08. The van der Waals surface area contributed by atoms with Crippen molar-refractivity contribution in [2.75, 3.05) is 13.1 Å². The fraction of sp³-hybridized carbons (Fsp3) is 0.208. The van der Waals surface area contributed by atoms with Crippen LogP contribution in [0.5, 0.6) is 0 Å². The van der Waals surface area contributed by atoms with Crippen molar-refractivity contribution in [3.05, 3.63) is 81.8 Å². The highest BCUT2D eigenvalue weighted by Crippen LogP contribution is 2.21. The molecule has 0 atom stereocenters. The van der Waals surface area contributed by atoms with Gasteiger partial charge in [-0.25, -0.2) is 4.79 Å². The molecule has 0 saturated carbocycles. The molecule has 1 fully saturated rings. The summed E-state index contributed by atoms with van der Waals surface area (Å²) < 4.78 is 1.66. The molecule has 4 N–H and O–H groups in total. The van der Waals surface area contributed by atoms with Crippen molar-refractivity contribution in [2.24, 2.45) is 5.73 Å². The number of benzene rings is 3. The number of nitrogen functional groups attached to an aromatic ring is 1. The second-order valence-corrected chi connectivity index (χ2v) is 8.06. The number of aromatic nitrogens is 2. The number of nitrogens with two attached hydrogens (primary N) is 1. The first-order chi connectivity index (χ1) is 15.0. The molecule has 1 amide bonds. The summed E-state index contributed by atoms with van der Waals surface area (Å²) >= 11 is 0. The van der Waals surface area contributed by atoms with Gasteiger partial charge in [0.1, 0.15) is 5.84 Å². The number of amides is 1. The number of fused-ring (bicyclic) bond motifs is 2. The number of amidine groups is 1. The lowest BCUT2D eigenvalue weighted by Crippen LogP contribution is -2.27. The van der Waals surface area contributed by atoms with Crippen LogP contribution in [0.4, 0.5) is 0 Å². The number of likely N-dealkylation sites (tertiary alicyclic amines) is 1. The number of H-pyrrole nitrogens is 1. The normalized spacial score (nSPS) is 13.9. The van der Waals surface area contributed by atoms with Crippen LogP contribution in [0.1, 0.15) is 34.3 Å². The maximum atomic E-state index is 12.8. The minimum atomic E-state index is -0.210. The van der Waals surface area contributed by atoms with Gasteiger partial charge in [0.05, 0.1) is 17.6 Å². The fourth-order valence-electron chi connectivity index (χ4n) is 4.29. The second-order valence-electron chi connectivity index (χ2n) is 8.06. The quantitative estimate of drug-likeness (QED) is 0.353. The predicted octanol–water partition coefficient (Wildman–Crippen LogP) is 3.05. The Labute approximate surface area is 178 Å². The van der Waals surface area contributed by atoms with Gasteiger partial charge >= 0.3 is 5.69 Å². The van der Waals surface area contributed by atoms with Crippen molar-refractivity contribution in [3.8, 4) is 0 Å². The smallest absolute Gasteiger partial charge is 0.326 e. The van der Waals surface area contributed by atoms with E-state index in [0.717, 1.165) is 42.3 Å². The lowest BCUT2D eigenvalue weighted by atomic mass is 10.0. The number of imidazole rings is 1. The summed E-state index contributed by atoms with van der Waals surface area (Å²) in [5.41, 5.74) is 9.06. The van der Waals surface area contributed by atoms with Gasteiger partial charge in [0.2, 0.25) is 0 Å². The SMILES string of the molecule is N=C(N)c1ccc2ccc(Cn3c(=O)[nH]c4ccc(C(=O)N5CCCC5)cc43)cc2c1. The van der Waals surface area contributed by atoms with Crippen LogP contribution in [0, 0.1) is 5.41 Å². The Kier molecular flexibility index (Phi) is 4.58. The molecule has 0 aliphatic carbocycles. The van der Waals surface area contributed by atoms with Gasteiger partial charge in [-0.05, 0) is 59.5 Å². The predicted molar refractivity (Wildman–Crippen MR) is 122 cm³/mol. The average molecular weight is 413 g/mol. The summed E-state index contributed by atoms with van der Waals surface area (Å²) in [6.45, 7) is 1.95. The molecule has 0 spiro atoms. The molecule has 7 nitrogen and oxygen atoms in total. The van der Waals surface area contributed by atoms with Gasteiger partial charge in [0.25, 0.3) is 5.91 Å². The zero-order valence-electron chi connectivity index (χ0n) is 17.0. The summed E-state index contributed by atoms with van der Waals surface area (Å²) in [5, 5.41) is 9.66. The molecule has 3 aromatic carbocycles. The zero-order chi connectivity index (χ0) is 21.5. The molecule has 4 aromatic rings. The van der Waals surface area contributed by atoms with E-state index in [-0.39, 0.29) is 17.4 Å². The molecule has 31 heavy (non-hydrogen) atoms. The maximum absolute atomic E-state index is 12.8. The van der Waals surface area contributed by atoms with Crippen LogP contribution in [0.2, 0.25) is 0 Å². The van der Waals surface area contributed by atoms with Crippen LogP contribution < -0.4 is 11.4 Å². The highest BCUT2D eigenvalue weighted by atomic mass is 16.2. The van der Waals surface area contributed by atoms with E-state index in [9.17, 15) is 9.59 Å². The van der Waals surface area contributed by atoms with Crippen LogP contribution in [0.3, 0.4) is 0 Å². The Morgan fingerprint density at radius 2 is 1.71 bits per heavy atom. The zero-order valence-corrected chi connectivity index (χ0v) is 17.0. The Bertz CT molecular complexity index is 1390. The van der Waals surface area contributed by atoms with Crippen LogP contribution in [0.15, 0.2) is 59.4 Å². The van der Waals surface area contributed by atoms with Gasteiger partial charge in [-0.1, -0.05) is 24.3 Å². The molecule has 2 heterocycles. The fourth-order valence-corrected chi connectivity index (χ4v) is 4.29. The highest BCUT2D eigenvalue weighted by molar-refractivity contribution is 5.99. The number of rotatable bonds is 4. The Balaban J connectivity index is 1.53. The minimum Gasteiger partial charge on any atom is -0.384 e. The third kappa shape index (κ3) is 3.48. The summed E-state index contributed by atoms with van der Waals surface area (Å²) in [5.74, 6) is 0.0393. The third-order valence-corrected chi connectivity index (χ3v) is 5.97. The van der Waals surface area contributed by atoms with E-state index in [1.165, 1.54) is 0 Å². The second kappa shape index (κ2) is 7.43. The van der Waals surface area contributed by atoms with Gasteiger partial charge in [0, 0.05) is 24.2 Å². The largest absolute Gasteiger partial charge is 0.384 e. The lowest BCUT2D eigenvalue weighted by molar-refractivity contribution is 0.0793. The molecule has 5 rings (SSSR count). The van der Waals surface area contributed by atoms with E-state index < -0.39 is 0 Å². The lowest BCUT2D eigenvalue weighted by Gasteiger charge is -2.15. The molecular formula is C24H23N5O2. The number of nitrogens with zero attached hydrogens (tertiary/aromatic N) is 2. The van der Waals surface area contributed by atoms with Gasteiger partial charge in [-0.15, -0.1) is 0 Å². The van der Waals surface area contributed by atoms with Gasteiger partial charge in [0.15, 0.2) is 0 Å². The topological polar surface area (TPSA) is 108 Å². The Hall–Kier alpha value is -3.87. The Morgan fingerprint density at radius 1 is 0.968 bits per heavy atom. The van der Waals surface area contributed by atoms with Gasteiger partial charge < -0.3 is 15.6 Å².